The number of methoxy groups -OCH3 is 1. The first-order valence-electron chi connectivity index (χ1n) is 6.43. The molecule has 1 fully saturated rings. The summed E-state index contributed by atoms with van der Waals surface area (Å²) in [5.41, 5.74) is 0. The van der Waals surface area contributed by atoms with Gasteiger partial charge in [0.2, 0.25) is 0 Å². The van der Waals surface area contributed by atoms with Gasteiger partial charge >= 0.3 is 0 Å². The Balaban J connectivity index is 1.67. The van der Waals surface area contributed by atoms with Crippen LogP contribution in [0.1, 0.15) is 12.8 Å². The molecule has 0 saturated carbocycles. The molecule has 0 radical (unpaired) electrons. The normalized spacial score (nSPS) is 18.1. The standard InChI is InChI=1S/C14H19NO4/c1-17-11-4-6-12(7-5-11)19-10-14(16)15-9-13-3-2-8-18-13/h4-7,13H,2-3,8-10H2,1H3,(H,15,16)/t13-/m0/s1. The number of carbonyl (C=O) groups is 1. The van der Waals surface area contributed by atoms with Crippen LogP contribution in [0.4, 0.5) is 0 Å². The minimum Gasteiger partial charge on any atom is -0.497 e. The molecule has 5 nitrogen and oxygen atoms in total. The van der Waals surface area contributed by atoms with Gasteiger partial charge in [-0.15, -0.1) is 0 Å². The van der Waals surface area contributed by atoms with Crippen molar-refractivity contribution in [1.29, 1.82) is 0 Å². The number of amides is 1. The topological polar surface area (TPSA) is 56.8 Å². The van der Waals surface area contributed by atoms with Gasteiger partial charge in [0, 0.05) is 13.2 Å². The molecule has 1 aromatic carbocycles. The van der Waals surface area contributed by atoms with Gasteiger partial charge in [-0.1, -0.05) is 0 Å². The van der Waals surface area contributed by atoms with Crippen LogP contribution >= 0.6 is 0 Å². The summed E-state index contributed by atoms with van der Waals surface area (Å²) in [6.07, 6.45) is 2.24. The minimum atomic E-state index is -0.133. The molecule has 19 heavy (non-hydrogen) atoms. The average molecular weight is 265 g/mol. The highest BCUT2D eigenvalue weighted by atomic mass is 16.5. The maximum atomic E-state index is 11.6. The third-order valence-corrected chi connectivity index (χ3v) is 2.98. The van der Waals surface area contributed by atoms with E-state index in [1.165, 1.54) is 0 Å². The molecule has 104 valence electrons. The molecular weight excluding hydrogens is 246 g/mol. The summed E-state index contributed by atoms with van der Waals surface area (Å²) in [6, 6.07) is 7.12. The second kappa shape index (κ2) is 6.99. The first kappa shape index (κ1) is 13.7. The Kier molecular flexibility index (Phi) is 5.03. The van der Waals surface area contributed by atoms with Crippen LogP contribution in [0.25, 0.3) is 0 Å². The van der Waals surface area contributed by atoms with E-state index in [0.29, 0.717) is 12.3 Å². The summed E-state index contributed by atoms with van der Waals surface area (Å²) >= 11 is 0. The van der Waals surface area contributed by atoms with Crippen molar-refractivity contribution in [3.63, 3.8) is 0 Å². The molecule has 5 heteroatoms. The monoisotopic (exact) mass is 265 g/mol. The van der Waals surface area contributed by atoms with Gasteiger partial charge in [-0.3, -0.25) is 4.79 Å². The largest absolute Gasteiger partial charge is 0.497 e. The van der Waals surface area contributed by atoms with Crippen LogP contribution in [0.15, 0.2) is 24.3 Å². The first-order valence-corrected chi connectivity index (χ1v) is 6.43. The lowest BCUT2D eigenvalue weighted by Crippen LogP contribution is -2.35. The quantitative estimate of drug-likeness (QED) is 0.844. The molecule has 0 bridgehead atoms. The Hall–Kier alpha value is -1.75. The van der Waals surface area contributed by atoms with Gasteiger partial charge in [0.05, 0.1) is 13.2 Å². The molecule has 0 aliphatic carbocycles. The highest BCUT2D eigenvalue weighted by Crippen LogP contribution is 2.16. The molecular formula is C14H19NO4. The van der Waals surface area contributed by atoms with Crippen LogP contribution in [-0.2, 0) is 9.53 Å². The van der Waals surface area contributed by atoms with Crippen LogP contribution in [-0.4, -0.2) is 38.9 Å². The van der Waals surface area contributed by atoms with Crippen molar-refractivity contribution < 1.29 is 19.0 Å². The van der Waals surface area contributed by atoms with Crippen LogP contribution in [0.5, 0.6) is 11.5 Å². The fraction of sp³-hybridized carbons (Fsp3) is 0.500. The van der Waals surface area contributed by atoms with Crippen LogP contribution in [0.2, 0.25) is 0 Å². The molecule has 2 rings (SSSR count). The van der Waals surface area contributed by atoms with Crippen molar-refractivity contribution in [2.45, 2.75) is 18.9 Å². The number of carbonyl (C=O) groups excluding carboxylic acids is 1. The third kappa shape index (κ3) is 4.44. The number of ether oxygens (including phenoxy) is 3. The molecule has 0 aromatic heterocycles. The number of benzene rings is 1. The van der Waals surface area contributed by atoms with Gasteiger partial charge in [-0.25, -0.2) is 0 Å². The number of nitrogens with one attached hydrogen (secondary N) is 1. The van der Waals surface area contributed by atoms with Gasteiger partial charge in [0.1, 0.15) is 11.5 Å². The van der Waals surface area contributed by atoms with E-state index in [9.17, 15) is 4.79 Å². The second-order valence-corrected chi connectivity index (χ2v) is 4.40. The molecule has 1 saturated heterocycles. The summed E-state index contributed by atoms with van der Waals surface area (Å²) in [5.74, 6) is 1.27. The van der Waals surface area contributed by atoms with Crippen molar-refractivity contribution in [2.24, 2.45) is 0 Å². The average Bonchev–Trinajstić information content (AvgIpc) is 2.96. The maximum absolute atomic E-state index is 11.6. The Bertz CT molecular complexity index is 398. The zero-order chi connectivity index (χ0) is 13.5. The Labute approximate surface area is 112 Å². The van der Waals surface area contributed by atoms with E-state index in [1.54, 1.807) is 31.4 Å². The SMILES string of the molecule is COc1ccc(OCC(=O)NC[C@@H]2CCCO2)cc1. The summed E-state index contributed by atoms with van der Waals surface area (Å²) in [4.78, 5) is 11.6. The number of rotatable bonds is 6. The number of hydrogen-bond acceptors (Lipinski definition) is 4. The number of hydrogen-bond donors (Lipinski definition) is 1. The summed E-state index contributed by atoms with van der Waals surface area (Å²) < 4.78 is 15.8. The predicted octanol–water partition coefficient (Wildman–Crippen LogP) is 1.37. The van der Waals surface area contributed by atoms with Crippen molar-refractivity contribution in [3.05, 3.63) is 24.3 Å². The zero-order valence-corrected chi connectivity index (χ0v) is 11.1. The van der Waals surface area contributed by atoms with Gasteiger partial charge in [-0.2, -0.15) is 0 Å². The fourth-order valence-electron chi connectivity index (χ4n) is 1.90. The smallest absolute Gasteiger partial charge is 0.258 e. The second-order valence-electron chi connectivity index (χ2n) is 4.40. The summed E-state index contributed by atoms with van der Waals surface area (Å²) in [7, 11) is 1.61. The van der Waals surface area contributed by atoms with Gasteiger partial charge in [0.15, 0.2) is 6.61 Å². The molecule has 1 atom stereocenters. The van der Waals surface area contributed by atoms with Gasteiger partial charge in [-0.05, 0) is 37.1 Å². The molecule has 1 aliphatic heterocycles. The summed E-state index contributed by atoms with van der Waals surface area (Å²) in [6.45, 7) is 1.37. The van der Waals surface area contributed by atoms with Gasteiger partial charge < -0.3 is 19.5 Å². The molecule has 1 N–H and O–H groups in total. The highest BCUT2D eigenvalue weighted by Gasteiger charge is 2.16. The van der Waals surface area contributed by atoms with E-state index in [1.807, 2.05) is 0 Å². The van der Waals surface area contributed by atoms with Gasteiger partial charge in [0.25, 0.3) is 5.91 Å². The third-order valence-electron chi connectivity index (χ3n) is 2.98. The molecule has 0 unspecified atom stereocenters. The van der Waals surface area contributed by atoms with Crippen molar-refractivity contribution in [1.82, 2.24) is 5.32 Å². The molecule has 1 amide bonds. The highest BCUT2D eigenvalue weighted by molar-refractivity contribution is 5.77. The van der Waals surface area contributed by atoms with Crippen molar-refractivity contribution >= 4 is 5.91 Å². The van der Waals surface area contributed by atoms with Crippen molar-refractivity contribution in [3.8, 4) is 11.5 Å². The lowest BCUT2D eigenvalue weighted by atomic mass is 10.2. The zero-order valence-electron chi connectivity index (χ0n) is 11.1. The van der Waals surface area contributed by atoms with Crippen LogP contribution in [0.3, 0.4) is 0 Å². The summed E-state index contributed by atoms with van der Waals surface area (Å²) in [5, 5.41) is 2.80. The molecule has 1 heterocycles. The minimum absolute atomic E-state index is 0.0129. The lowest BCUT2D eigenvalue weighted by Gasteiger charge is -2.11. The van der Waals surface area contributed by atoms with E-state index < -0.39 is 0 Å². The Morgan fingerprint density at radius 2 is 2.11 bits per heavy atom. The van der Waals surface area contributed by atoms with E-state index in [2.05, 4.69) is 5.32 Å². The van der Waals surface area contributed by atoms with E-state index in [-0.39, 0.29) is 18.6 Å². The Morgan fingerprint density at radius 1 is 1.37 bits per heavy atom. The molecule has 0 spiro atoms. The first-order chi connectivity index (χ1) is 9.28. The Morgan fingerprint density at radius 3 is 2.74 bits per heavy atom. The molecule has 1 aliphatic rings. The predicted molar refractivity (Wildman–Crippen MR) is 70.5 cm³/mol. The van der Waals surface area contributed by atoms with E-state index in [4.69, 9.17) is 14.2 Å². The lowest BCUT2D eigenvalue weighted by molar-refractivity contribution is -0.123. The van der Waals surface area contributed by atoms with Crippen molar-refractivity contribution in [2.75, 3.05) is 26.9 Å². The maximum Gasteiger partial charge on any atom is 0.258 e. The van der Waals surface area contributed by atoms with E-state index >= 15 is 0 Å². The fourth-order valence-corrected chi connectivity index (χ4v) is 1.90. The molecule has 1 aromatic rings. The van der Waals surface area contributed by atoms with E-state index in [0.717, 1.165) is 25.2 Å². The van der Waals surface area contributed by atoms with Crippen LogP contribution < -0.4 is 14.8 Å². The van der Waals surface area contributed by atoms with Crippen LogP contribution in [0, 0.1) is 0 Å².